The van der Waals surface area contributed by atoms with Gasteiger partial charge in [-0.15, -0.1) is 0 Å². The van der Waals surface area contributed by atoms with Crippen LogP contribution < -0.4 is 0 Å². The third-order valence-electron chi connectivity index (χ3n) is 3.85. The number of carbonyl (C=O) groups excluding carboxylic acids is 1. The lowest BCUT2D eigenvalue weighted by molar-refractivity contribution is -0.137. The second-order valence-electron chi connectivity index (χ2n) is 5.70. The van der Waals surface area contributed by atoms with Crippen molar-refractivity contribution in [2.24, 2.45) is 0 Å². The first-order valence-electron chi connectivity index (χ1n) is 7.74. The van der Waals surface area contributed by atoms with Gasteiger partial charge in [-0.25, -0.2) is 9.78 Å². The van der Waals surface area contributed by atoms with Crippen LogP contribution in [0.5, 0.6) is 0 Å². The van der Waals surface area contributed by atoms with E-state index in [0.29, 0.717) is 31.2 Å². The molecule has 1 aliphatic rings. The Balaban J connectivity index is 1.43. The molecule has 1 aliphatic heterocycles. The molecule has 1 amide bonds. The summed E-state index contributed by atoms with van der Waals surface area (Å²) < 4.78 is 10.8. The minimum absolute atomic E-state index is 0.0111. The molecule has 1 aromatic carbocycles. The monoisotopic (exact) mass is 330 g/mol. The molecule has 7 heteroatoms. The number of carboxylic acids is 1. The maximum atomic E-state index is 11.9. The zero-order chi connectivity index (χ0) is 16.9. The Morgan fingerprint density at radius 3 is 2.75 bits per heavy atom. The van der Waals surface area contributed by atoms with Gasteiger partial charge in [0.05, 0.1) is 18.5 Å². The summed E-state index contributed by atoms with van der Waals surface area (Å²) in [6, 6.07) is 9.50. The first-order valence-corrected chi connectivity index (χ1v) is 7.74. The Kier molecular flexibility index (Phi) is 4.79. The molecule has 0 saturated carbocycles. The van der Waals surface area contributed by atoms with Crippen molar-refractivity contribution in [1.29, 1.82) is 0 Å². The van der Waals surface area contributed by atoms with Crippen molar-refractivity contribution < 1.29 is 23.8 Å². The lowest BCUT2D eigenvalue weighted by atomic mass is 10.0. The highest BCUT2D eigenvalue weighted by molar-refractivity contribution is 5.69. The first kappa shape index (κ1) is 16.0. The summed E-state index contributed by atoms with van der Waals surface area (Å²) in [5.41, 5.74) is 0.943. The van der Waals surface area contributed by atoms with Crippen LogP contribution in [-0.2, 0) is 22.6 Å². The molecule has 0 unspecified atom stereocenters. The van der Waals surface area contributed by atoms with Crippen LogP contribution in [0.25, 0.3) is 0 Å². The maximum Gasteiger partial charge on any atom is 0.410 e. The summed E-state index contributed by atoms with van der Waals surface area (Å²) in [6.45, 7) is 1.23. The molecule has 0 atom stereocenters. The number of rotatable bonds is 6. The largest absolute Gasteiger partial charge is 0.481 e. The minimum atomic E-state index is -0.871. The average Bonchev–Trinajstić information content (AvgIpc) is 2.99. The zero-order valence-electron chi connectivity index (χ0n) is 13.1. The van der Waals surface area contributed by atoms with E-state index in [9.17, 15) is 9.59 Å². The third kappa shape index (κ3) is 3.92. The van der Waals surface area contributed by atoms with Gasteiger partial charge in [0, 0.05) is 19.5 Å². The lowest BCUT2D eigenvalue weighted by Gasteiger charge is -2.36. The Morgan fingerprint density at radius 2 is 2.04 bits per heavy atom. The minimum Gasteiger partial charge on any atom is -0.481 e. The highest BCUT2D eigenvalue weighted by Gasteiger charge is 2.35. The van der Waals surface area contributed by atoms with Crippen LogP contribution in [0.2, 0.25) is 0 Å². The predicted molar refractivity (Wildman–Crippen MR) is 83.4 cm³/mol. The van der Waals surface area contributed by atoms with Crippen molar-refractivity contribution >= 4 is 12.1 Å². The highest BCUT2D eigenvalue weighted by Crippen LogP contribution is 2.27. The molecular formula is C17H18N2O5. The number of oxazole rings is 1. The molecule has 24 heavy (non-hydrogen) atoms. The molecule has 0 spiro atoms. The number of carbonyl (C=O) groups is 2. The Morgan fingerprint density at radius 1 is 1.29 bits per heavy atom. The van der Waals surface area contributed by atoms with Gasteiger partial charge in [0.1, 0.15) is 12.4 Å². The summed E-state index contributed by atoms with van der Waals surface area (Å²) in [4.78, 5) is 28.2. The predicted octanol–water partition coefficient (Wildman–Crippen LogP) is 2.43. The topological polar surface area (TPSA) is 92.9 Å². The summed E-state index contributed by atoms with van der Waals surface area (Å²) in [5, 5.41) is 8.66. The Hall–Kier alpha value is -2.83. The van der Waals surface area contributed by atoms with Crippen molar-refractivity contribution in [3.05, 3.63) is 53.7 Å². The van der Waals surface area contributed by atoms with Gasteiger partial charge < -0.3 is 19.2 Å². The van der Waals surface area contributed by atoms with E-state index >= 15 is 0 Å². The van der Waals surface area contributed by atoms with E-state index in [1.54, 1.807) is 11.1 Å². The van der Waals surface area contributed by atoms with Crippen molar-refractivity contribution in [2.45, 2.75) is 25.4 Å². The number of amides is 1. The smallest absolute Gasteiger partial charge is 0.410 e. The normalized spacial score (nSPS) is 14.2. The second-order valence-corrected chi connectivity index (χ2v) is 5.70. The quantitative estimate of drug-likeness (QED) is 0.874. The van der Waals surface area contributed by atoms with Crippen LogP contribution in [0.15, 0.2) is 40.9 Å². The number of likely N-dealkylation sites (tertiary alicyclic amines) is 1. The fraction of sp³-hybridized carbons (Fsp3) is 0.353. The highest BCUT2D eigenvalue weighted by atomic mass is 16.6. The maximum absolute atomic E-state index is 11.9. The summed E-state index contributed by atoms with van der Waals surface area (Å²) in [5.74, 6) is 0.261. The van der Waals surface area contributed by atoms with Gasteiger partial charge in [-0.3, -0.25) is 4.79 Å². The van der Waals surface area contributed by atoms with Gasteiger partial charge >= 0.3 is 12.1 Å². The van der Waals surface area contributed by atoms with E-state index in [4.69, 9.17) is 14.3 Å². The van der Waals surface area contributed by atoms with Crippen molar-refractivity contribution in [3.63, 3.8) is 0 Å². The van der Waals surface area contributed by atoms with Crippen LogP contribution in [0.1, 0.15) is 29.6 Å². The number of hydrogen-bond acceptors (Lipinski definition) is 5. The van der Waals surface area contributed by atoms with E-state index in [0.717, 1.165) is 5.56 Å². The molecule has 7 nitrogen and oxygen atoms in total. The molecule has 2 heterocycles. The van der Waals surface area contributed by atoms with Crippen molar-refractivity contribution in [2.75, 3.05) is 13.1 Å². The number of hydrogen-bond donors (Lipinski definition) is 1. The van der Waals surface area contributed by atoms with Gasteiger partial charge in [-0.2, -0.15) is 0 Å². The van der Waals surface area contributed by atoms with Gasteiger partial charge in [0.15, 0.2) is 0 Å². The number of benzene rings is 1. The van der Waals surface area contributed by atoms with Crippen LogP contribution in [0, 0.1) is 0 Å². The molecule has 1 N–H and O–H groups in total. The first-order chi connectivity index (χ1) is 11.6. The number of aromatic nitrogens is 1. The summed E-state index contributed by atoms with van der Waals surface area (Å²) >= 11 is 0. The molecule has 1 saturated heterocycles. The van der Waals surface area contributed by atoms with Gasteiger partial charge in [0.25, 0.3) is 0 Å². The number of nitrogens with zero attached hydrogens (tertiary/aromatic N) is 2. The van der Waals surface area contributed by atoms with Crippen molar-refractivity contribution in [3.8, 4) is 0 Å². The number of aliphatic carboxylic acids is 1. The Labute approximate surface area is 138 Å². The van der Waals surface area contributed by atoms with E-state index in [2.05, 4.69) is 4.98 Å². The number of carboxylic acid groups (broad SMARTS) is 1. The molecule has 1 aromatic heterocycles. The van der Waals surface area contributed by atoms with Crippen LogP contribution in [0.3, 0.4) is 0 Å². The summed E-state index contributed by atoms with van der Waals surface area (Å²) in [7, 11) is 0. The molecule has 0 aliphatic carbocycles. The van der Waals surface area contributed by atoms with E-state index in [1.807, 2.05) is 30.3 Å². The molecule has 3 rings (SSSR count). The number of aryl methyl sites for hydroxylation is 1. The van der Waals surface area contributed by atoms with Gasteiger partial charge in [-0.1, -0.05) is 30.3 Å². The number of ether oxygens (including phenoxy) is 1. The van der Waals surface area contributed by atoms with Gasteiger partial charge in [0.2, 0.25) is 5.89 Å². The lowest BCUT2D eigenvalue weighted by Crippen LogP contribution is -2.48. The molecule has 0 radical (unpaired) electrons. The third-order valence-corrected chi connectivity index (χ3v) is 3.85. The fourth-order valence-electron chi connectivity index (χ4n) is 2.45. The average molecular weight is 330 g/mol. The zero-order valence-corrected chi connectivity index (χ0v) is 13.1. The molecule has 2 aromatic rings. The molecule has 1 fully saturated rings. The van der Waals surface area contributed by atoms with E-state index < -0.39 is 5.97 Å². The van der Waals surface area contributed by atoms with Crippen LogP contribution >= 0.6 is 0 Å². The van der Waals surface area contributed by atoms with Gasteiger partial charge in [-0.05, 0) is 5.56 Å². The second kappa shape index (κ2) is 7.16. The van der Waals surface area contributed by atoms with Crippen molar-refractivity contribution in [1.82, 2.24) is 9.88 Å². The SMILES string of the molecule is O=C(O)CCc1cnc(C2CN(C(=O)OCc3ccccc3)C2)o1. The fourth-order valence-corrected chi connectivity index (χ4v) is 2.45. The van der Waals surface area contributed by atoms with E-state index in [-0.39, 0.29) is 25.0 Å². The molecule has 126 valence electrons. The summed E-state index contributed by atoms with van der Waals surface area (Å²) in [6.07, 6.45) is 1.52. The standard InChI is InChI=1S/C17H18N2O5/c20-15(21)7-6-14-8-18-16(24-14)13-9-19(10-13)17(22)23-11-12-4-2-1-3-5-12/h1-5,8,13H,6-7,9-11H2,(H,20,21). The molecule has 0 bridgehead atoms. The van der Waals surface area contributed by atoms with Crippen LogP contribution in [-0.4, -0.2) is 40.1 Å². The molecular weight excluding hydrogens is 312 g/mol. The van der Waals surface area contributed by atoms with E-state index in [1.165, 1.54) is 0 Å². The Bertz CT molecular complexity index is 707. The van der Waals surface area contributed by atoms with Crippen LogP contribution in [0.4, 0.5) is 4.79 Å².